The van der Waals surface area contributed by atoms with Gasteiger partial charge >= 0.3 is 0 Å². The first-order valence-electron chi connectivity index (χ1n) is 6.93. The molecule has 9 nitrogen and oxygen atoms in total. The van der Waals surface area contributed by atoms with Gasteiger partial charge in [0.15, 0.2) is 0 Å². The van der Waals surface area contributed by atoms with Crippen LogP contribution in [0.4, 0.5) is 0 Å². The van der Waals surface area contributed by atoms with E-state index in [2.05, 4.69) is 10.6 Å². The number of amides is 2. The first kappa shape index (κ1) is 20.5. The molecule has 3 N–H and O–H groups in total. The Morgan fingerprint density at radius 1 is 0.864 bits per heavy atom. The molecule has 0 aromatic heterocycles. The van der Waals surface area contributed by atoms with Crippen molar-refractivity contribution in [2.75, 3.05) is 59.3 Å². The molecule has 0 radical (unpaired) electrons. The molecule has 0 aromatic carbocycles. The largest absolute Gasteiger partial charge is 0.394 e. The summed E-state index contributed by atoms with van der Waals surface area (Å²) in [5.41, 5.74) is 0. The normalized spacial score (nSPS) is 10.3. The SMILES string of the molecule is CC(=O)CNC(=O)COCCOCCNC(=O)COCCO. The molecule has 0 aromatic rings. The highest BCUT2D eigenvalue weighted by Crippen LogP contribution is 1.80. The van der Waals surface area contributed by atoms with Crippen LogP contribution in [0.25, 0.3) is 0 Å². The number of aliphatic hydroxyl groups is 1. The van der Waals surface area contributed by atoms with Gasteiger partial charge in [-0.25, -0.2) is 0 Å². The Balaban J connectivity index is 3.28. The molecule has 0 saturated heterocycles. The molecule has 0 aliphatic carbocycles. The van der Waals surface area contributed by atoms with Crippen molar-refractivity contribution < 1.29 is 33.7 Å². The summed E-state index contributed by atoms with van der Waals surface area (Å²) in [6, 6.07) is 0. The number of ether oxygens (including phenoxy) is 3. The van der Waals surface area contributed by atoms with Crippen LogP contribution in [0.1, 0.15) is 6.92 Å². The molecular weight excluding hydrogens is 296 g/mol. The monoisotopic (exact) mass is 320 g/mol. The molecule has 22 heavy (non-hydrogen) atoms. The van der Waals surface area contributed by atoms with Crippen molar-refractivity contribution in [3.05, 3.63) is 0 Å². The van der Waals surface area contributed by atoms with Crippen LogP contribution in [0.5, 0.6) is 0 Å². The van der Waals surface area contributed by atoms with E-state index < -0.39 is 0 Å². The van der Waals surface area contributed by atoms with Crippen LogP contribution in [0.2, 0.25) is 0 Å². The zero-order chi connectivity index (χ0) is 16.6. The van der Waals surface area contributed by atoms with Crippen LogP contribution < -0.4 is 10.6 Å². The van der Waals surface area contributed by atoms with Gasteiger partial charge in [-0.05, 0) is 6.92 Å². The Morgan fingerprint density at radius 3 is 2.09 bits per heavy atom. The van der Waals surface area contributed by atoms with Crippen molar-refractivity contribution in [3.8, 4) is 0 Å². The van der Waals surface area contributed by atoms with Gasteiger partial charge in [0, 0.05) is 6.54 Å². The second kappa shape index (κ2) is 14.4. The first-order valence-corrected chi connectivity index (χ1v) is 6.93. The average molecular weight is 320 g/mol. The third-order valence-corrected chi connectivity index (χ3v) is 2.18. The van der Waals surface area contributed by atoms with Crippen molar-refractivity contribution in [3.63, 3.8) is 0 Å². The Labute approximate surface area is 129 Å². The molecule has 128 valence electrons. The number of rotatable bonds is 14. The molecule has 0 bridgehead atoms. The molecule has 0 rings (SSSR count). The van der Waals surface area contributed by atoms with E-state index in [0.717, 1.165) is 0 Å². The van der Waals surface area contributed by atoms with Gasteiger partial charge < -0.3 is 30.0 Å². The number of carbonyl (C=O) groups is 3. The fourth-order valence-electron chi connectivity index (χ4n) is 1.20. The van der Waals surface area contributed by atoms with Gasteiger partial charge in [0.05, 0.1) is 39.6 Å². The van der Waals surface area contributed by atoms with Crippen LogP contribution in [-0.4, -0.2) is 82.0 Å². The van der Waals surface area contributed by atoms with E-state index in [0.29, 0.717) is 13.2 Å². The number of aliphatic hydroxyl groups excluding tert-OH is 1. The Kier molecular flexibility index (Phi) is 13.4. The third-order valence-electron chi connectivity index (χ3n) is 2.18. The number of carbonyl (C=O) groups excluding carboxylic acids is 3. The maximum atomic E-state index is 11.2. The van der Waals surface area contributed by atoms with Crippen LogP contribution in [0.3, 0.4) is 0 Å². The topological polar surface area (TPSA) is 123 Å². The van der Waals surface area contributed by atoms with E-state index in [4.69, 9.17) is 19.3 Å². The van der Waals surface area contributed by atoms with Gasteiger partial charge in [0.25, 0.3) is 0 Å². The summed E-state index contributed by atoms with van der Waals surface area (Å²) in [6.07, 6.45) is 0. The van der Waals surface area contributed by atoms with Gasteiger partial charge in [-0.3, -0.25) is 14.4 Å². The molecule has 2 amide bonds. The van der Waals surface area contributed by atoms with Gasteiger partial charge in [0.2, 0.25) is 11.8 Å². The summed E-state index contributed by atoms with van der Waals surface area (Å²) in [5, 5.41) is 13.4. The molecule has 0 aliphatic heterocycles. The number of hydrogen-bond donors (Lipinski definition) is 3. The first-order chi connectivity index (χ1) is 10.6. The lowest BCUT2D eigenvalue weighted by Crippen LogP contribution is -2.32. The third kappa shape index (κ3) is 14.9. The van der Waals surface area contributed by atoms with Gasteiger partial charge in [0.1, 0.15) is 19.0 Å². The Bertz CT molecular complexity index is 336. The second-order valence-electron chi connectivity index (χ2n) is 4.27. The number of Topliss-reactive ketones (excluding diaryl/α,β-unsaturated/α-hetero) is 1. The lowest BCUT2D eigenvalue weighted by atomic mass is 10.4. The summed E-state index contributed by atoms with van der Waals surface area (Å²) in [7, 11) is 0. The minimum Gasteiger partial charge on any atom is -0.394 e. The van der Waals surface area contributed by atoms with Gasteiger partial charge in [-0.1, -0.05) is 0 Å². The highest BCUT2D eigenvalue weighted by Gasteiger charge is 2.02. The summed E-state index contributed by atoms with van der Waals surface area (Å²) >= 11 is 0. The molecular formula is C13H24N2O7. The summed E-state index contributed by atoms with van der Waals surface area (Å²) in [6.45, 7) is 2.33. The van der Waals surface area contributed by atoms with E-state index in [-0.39, 0.29) is 63.8 Å². The Morgan fingerprint density at radius 2 is 1.45 bits per heavy atom. The molecule has 0 saturated carbocycles. The second-order valence-corrected chi connectivity index (χ2v) is 4.27. The Hall–Kier alpha value is -1.55. The van der Waals surface area contributed by atoms with E-state index in [9.17, 15) is 14.4 Å². The van der Waals surface area contributed by atoms with E-state index in [1.54, 1.807) is 0 Å². The fraction of sp³-hybridized carbons (Fsp3) is 0.769. The standard InChI is InChI=1S/C13H24N2O7/c1-11(17)8-15-13(19)10-22-7-6-20-4-2-14-12(18)9-21-5-3-16/h16H,2-10H2,1H3,(H,14,18)(H,15,19). The highest BCUT2D eigenvalue weighted by atomic mass is 16.5. The molecule has 0 aliphatic rings. The van der Waals surface area contributed by atoms with E-state index >= 15 is 0 Å². The van der Waals surface area contributed by atoms with Crippen LogP contribution >= 0.6 is 0 Å². The van der Waals surface area contributed by atoms with Crippen molar-refractivity contribution in [1.29, 1.82) is 0 Å². The molecule has 0 fully saturated rings. The zero-order valence-electron chi connectivity index (χ0n) is 12.8. The quantitative estimate of drug-likeness (QED) is 0.312. The van der Waals surface area contributed by atoms with Crippen molar-refractivity contribution in [1.82, 2.24) is 10.6 Å². The molecule has 0 atom stereocenters. The number of nitrogens with one attached hydrogen (secondary N) is 2. The fourth-order valence-corrected chi connectivity index (χ4v) is 1.20. The predicted octanol–water partition coefficient (Wildman–Crippen LogP) is -2.15. The summed E-state index contributed by atoms with van der Waals surface area (Å²) in [5.74, 6) is -0.763. The van der Waals surface area contributed by atoms with E-state index in [1.807, 2.05) is 0 Å². The van der Waals surface area contributed by atoms with Gasteiger partial charge in [-0.2, -0.15) is 0 Å². The maximum absolute atomic E-state index is 11.2. The van der Waals surface area contributed by atoms with Crippen molar-refractivity contribution in [2.45, 2.75) is 6.92 Å². The minimum atomic E-state index is -0.356. The van der Waals surface area contributed by atoms with Crippen molar-refractivity contribution >= 4 is 17.6 Å². The lowest BCUT2D eigenvalue weighted by Gasteiger charge is -2.07. The molecule has 9 heteroatoms. The predicted molar refractivity (Wildman–Crippen MR) is 76.2 cm³/mol. The molecule has 0 unspecified atom stereocenters. The van der Waals surface area contributed by atoms with Crippen molar-refractivity contribution in [2.24, 2.45) is 0 Å². The average Bonchev–Trinajstić information content (AvgIpc) is 2.48. The number of hydrogen-bond acceptors (Lipinski definition) is 7. The van der Waals surface area contributed by atoms with Crippen LogP contribution in [0, 0.1) is 0 Å². The van der Waals surface area contributed by atoms with Gasteiger partial charge in [-0.15, -0.1) is 0 Å². The summed E-state index contributed by atoms with van der Waals surface area (Å²) in [4.78, 5) is 33.0. The van der Waals surface area contributed by atoms with E-state index in [1.165, 1.54) is 6.92 Å². The van der Waals surface area contributed by atoms with Crippen LogP contribution in [-0.2, 0) is 28.6 Å². The smallest absolute Gasteiger partial charge is 0.246 e. The van der Waals surface area contributed by atoms with Crippen LogP contribution in [0.15, 0.2) is 0 Å². The highest BCUT2D eigenvalue weighted by molar-refractivity contribution is 5.84. The number of ketones is 1. The summed E-state index contributed by atoms with van der Waals surface area (Å²) < 4.78 is 15.1. The molecule has 0 spiro atoms. The maximum Gasteiger partial charge on any atom is 0.246 e. The minimum absolute atomic E-state index is 0.000407. The molecule has 0 heterocycles. The zero-order valence-corrected chi connectivity index (χ0v) is 12.8. The lowest BCUT2D eigenvalue weighted by molar-refractivity contribution is -0.128.